The van der Waals surface area contributed by atoms with Gasteiger partial charge in [0.25, 0.3) is 0 Å². The predicted molar refractivity (Wildman–Crippen MR) is 68.5 cm³/mol. The van der Waals surface area contributed by atoms with Crippen molar-refractivity contribution in [1.29, 1.82) is 0 Å². The Bertz CT molecular complexity index is 383. The van der Waals surface area contributed by atoms with Crippen molar-refractivity contribution < 1.29 is 9.53 Å². The number of Topliss-reactive ketones (excluding diaryl/α,β-unsaturated/α-hetero) is 1. The Kier molecular flexibility index (Phi) is 4.90. The average molecular weight is 251 g/mol. The van der Waals surface area contributed by atoms with Crippen LogP contribution < -0.4 is 5.32 Å². The lowest BCUT2D eigenvalue weighted by atomic mass is 10.1. The Morgan fingerprint density at radius 1 is 1.56 bits per heavy atom. The van der Waals surface area contributed by atoms with Crippen LogP contribution in [0.3, 0.4) is 0 Å². The fourth-order valence-electron chi connectivity index (χ4n) is 2.20. The second-order valence-corrected chi connectivity index (χ2v) is 4.61. The molecular formula is C13H21N3O2. The van der Waals surface area contributed by atoms with Crippen LogP contribution in [-0.4, -0.2) is 41.1 Å². The molecule has 2 heterocycles. The van der Waals surface area contributed by atoms with E-state index in [-0.39, 0.29) is 18.5 Å². The normalized spacial score (nSPS) is 16.9. The minimum atomic E-state index is 0.106. The fourth-order valence-corrected chi connectivity index (χ4v) is 2.20. The van der Waals surface area contributed by atoms with Gasteiger partial charge in [-0.05, 0) is 32.9 Å². The van der Waals surface area contributed by atoms with Crippen molar-refractivity contribution in [3.63, 3.8) is 0 Å². The maximum absolute atomic E-state index is 11.8. The molecule has 1 aromatic rings. The highest BCUT2D eigenvalue weighted by atomic mass is 16.5. The molecular weight excluding hydrogens is 230 g/mol. The fraction of sp³-hybridized carbons (Fsp3) is 0.692. The van der Waals surface area contributed by atoms with Gasteiger partial charge in [-0.25, -0.2) is 4.98 Å². The van der Waals surface area contributed by atoms with E-state index in [0.29, 0.717) is 6.42 Å². The molecule has 1 aliphatic heterocycles. The molecule has 5 heteroatoms. The van der Waals surface area contributed by atoms with Crippen LogP contribution in [0.5, 0.6) is 0 Å². The summed E-state index contributed by atoms with van der Waals surface area (Å²) >= 11 is 0. The lowest BCUT2D eigenvalue weighted by Crippen LogP contribution is -2.33. The molecule has 0 aliphatic carbocycles. The third kappa shape index (κ3) is 3.65. The third-order valence-electron chi connectivity index (χ3n) is 3.26. The summed E-state index contributed by atoms with van der Waals surface area (Å²) in [6.07, 6.45) is 6.23. The van der Waals surface area contributed by atoms with E-state index in [2.05, 4.69) is 10.3 Å². The summed E-state index contributed by atoms with van der Waals surface area (Å²) < 4.78 is 7.63. The number of carbonyl (C=O) groups is 1. The van der Waals surface area contributed by atoms with Crippen LogP contribution in [-0.2, 0) is 22.5 Å². The zero-order chi connectivity index (χ0) is 12.8. The van der Waals surface area contributed by atoms with Crippen LogP contribution in [0.2, 0.25) is 0 Å². The van der Waals surface area contributed by atoms with Crippen molar-refractivity contribution in [2.45, 2.75) is 38.8 Å². The summed E-state index contributed by atoms with van der Waals surface area (Å²) in [4.78, 5) is 16.0. The van der Waals surface area contributed by atoms with Gasteiger partial charge in [0.15, 0.2) is 5.78 Å². The molecule has 1 fully saturated rings. The maximum Gasteiger partial charge on any atom is 0.165 e. The van der Waals surface area contributed by atoms with Gasteiger partial charge in [0, 0.05) is 18.9 Å². The maximum atomic E-state index is 11.8. The zero-order valence-electron chi connectivity index (χ0n) is 10.9. The van der Waals surface area contributed by atoms with Gasteiger partial charge in [-0.15, -0.1) is 0 Å². The van der Waals surface area contributed by atoms with Crippen LogP contribution in [0.15, 0.2) is 12.4 Å². The van der Waals surface area contributed by atoms with Crippen molar-refractivity contribution in [3.05, 3.63) is 18.2 Å². The molecule has 0 radical (unpaired) electrons. The molecule has 0 bridgehead atoms. The first-order valence-electron chi connectivity index (χ1n) is 6.63. The van der Waals surface area contributed by atoms with Crippen molar-refractivity contribution >= 4 is 5.78 Å². The van der Waals surface area contributed by atoms with Crippen LogP contribution in [0.4, 0.5) is 0 Å². The van der Waals surface area contributed by atoms with E-state index < -0.39 is 0 Å². The van der Waals surface area contributed by atoms with Crippen molar-refractivity contribution in [1.82, 2.24) is 14.9 Å². The lowest BCUT2D eigenvalue weighted by Gasteiger charge is -2.22. The predicted octanol–water partition coefficient (Wildman–Crippen LogP) is 0.783. The van der Waals surface area contributed by atoms with E-state index in [9.17, 15) is 4.79 Å². The molecule has 0 spiro atoms. The average Bonchev–Trinajstić information content (AvgIpc) is 2.85. The summed E-state index contributed by atoms with van der Waals surface area (Å²) in [6.45, 7) is 5.07. The number of carbonyl (C=O) groups excluding carboxylic acids is 1. The quantitative estimate of drug-likeness (QED) is 0.812. The van der Waals surface area contributed by atoms with E-state index in [1.807, 2.05) is 17.7 Å². The number of nitrogens with zero attached hydrogens (tertiary/aromatic N) is 2. The molecule has 0 amide bonds. The first-order chi connectivity index (χ1) is 8.79. The SMILES string of the molecule is CCn1ccnc1CC(=O)COC1CCNCC1. The number of rotatable bonds is 6. The Balaban J connectivity index is 1.74. The smallest absolute Gasteiger partial charge is 0.165 e. The molecule has 1 aromatic heterocycles. The summed E-state index contributed by atoms with van der Waals surface area (Å²) in [7, 11) is 0. The molecule has 0 unspecified atom stereocenters. The molecule has 5 nitrogen and oxygen atoms in total. The molecule has 0 aromatic carbocycles. The number of nitrogens with one attached hydrogen (secondary N) is 1. The molecule has 0 atom stereocenters. The van der Waals surface area contributed by atoms with E-state index in [1.165, 1.54) is 0 Å². The topological polar surface area (TPSA) is 56.2 Å². The molecule has 2 rings (SSSR count). The van der Waals surface area contributed by atoms with E-state index in [1.54, 1.807) is 6.20 Å². The first kappa shape index (κ1) is 13.2. The molecule has 1 aliphatic rings. The highest BCUT2D eigenvalue weighted by Gasteiger charge is 2.15. The summed E-state index contributed by atoms with van der Waals surface area (Å²) in [5.74, 6) is 0.936. The number of ketones is 1. The van der Waals surface area contributed by atoms with E-state index >= 15 is 0 Å². The molecule has 1 saturated heterocycles. The summed E-state index contributed by atoms with van der Waals surface area (Å²) in [6, 6.07) is 0. The van der Waals surface area contributed by atoms with Crippen LogP contribution >= 0.6 is 0 Å². The number of ether oxygens (including phenoxy) is 1. The highest BCUT2D eigenvalue weighted by molar-refractivity contribution is 5.81. The number of piperidine rings is 1. The minimum absolute atomic E-state index is 0.106. The van der Waals surface area contributed by atoms with Crippen LogP contribution in [0.1, 0.15) is 25.6 Å². The third-order valence-corrected chi connectivity index (χ3v) is 3.26. The minimum Gasteiger partial charge on any atom is -0.370 e. The number of hydrogen-bond acceptors (Lipinski definition) is 4. The van der Waals surface area contributed by atoms with Crippen LogP contribution in [0.25, 0.3) is 0 Å². The Labute approximate surface area is 108 Å². The highest BCUT2D eigenvalue weighted by Crippen LogP contribution is 2.07. The van der Waals surface area contributed by atoms with E-state index in [4.69, 9.17) is 4.74 Å². The molecule has 18 heavy (non-hydrogen) atoms. The first-order valence-corrected chi connectivity index (χ1v) is 6.63. The van der Waals surface area contributed by atoms with Gasteiger partial charge < -0.3 is 14.6 Å². The number of aromatic nitrogens is 2. The summed E-state index contributed by atoms with van der Waals surface area (Å²) in [5, 5.41) is 3.28. The monoisotopic (exact) mass is 251 g/mol. The van der Waals surface area contributed by atoms with E-state index in [0.717, 1.165) is 38.3 Å². The van der Waals surface area contributed by atoms with Crippen LogP contribution in [0, 0.1) is 0 Å². The Morgan fingerprint density at radius 2 is 2.33 bits per heavy atom. The lowest BCUT2D eigenvalue weighted by molar-refractivity contribution is -0.125. The number of hydrogen-bond donors (Lipinski definition) is 1. The number of aryl methyl sites for hydroxylation is 1. The van der Waals surface area contributed by atoms with Gasteiger partial charge in [0.1, 0.15) is 12.4 Å². The van der Waals surface area contributed by atoms with Crippen molar-refractivity contribution in [2.75, 3.05) is 19.7 Å². The Morgan fingerprint density at radius 3 is 3.06 bits per heavy atom. The number of imidazole rings is 1. The molecule has 100 valence electrons. The second kappa shape index (κ2) is 6.66. The van der Waals surface area contributed by atoms with Gasteiger partial charge in [-0.1, -0.05) is 0 Å². The van der Waals surface area contributed by atoms with Gasteiger partial charge in [0.05, 0.1) is 12.5 Å². The standard InChI is InChI=1S/C13H21N3O2/c1-2-16-8-7-15-13(16)9-11(17)10-18-12-3-5-14-6-4-12/h7-8,12,14H,2-6,9-10H2,1H3. The second-order valence-electron chi connectivity index (χ2n) is 4.61. The van der Waals surface area contributed by atoms with Crippen molar-refractivity contribution in [2.24, 2.45) is 0 Å². The largest absolute Gasteiger partial charge is 0.370 e. The zero-order valence-corrected chi connectivity index (χ0v) is 10.9. The van der Waals surface area contributed by atoms with Crippen molar-refractivity contribution in [3.8, 4) is 0 Å². The van der Waals surface area contributed by atoms with Gasteiger partial charge in [0.2, 0.25) is 0 Å². The molecule has 0 saturated carbocycles. The van der Waals surface area contributed by atoms with Gasteiger partial charge >= 0.3 is 0 Å². The van der Waals surface area contributed by atoms with Gasteiger partial charge in [-0.2, -0.15) is 0 Å². The van der Waals surface area contributed by atoms with Gasteiger partial charge in [-0.3, -0.25) is 4.79 Å². The molecule has 1 N–H and O–H groups in total. The summed E-state index contributed by atoms with van der Waals surface area (Å²) in [5.41, 5.74) is 0. The Hall–Kier alpha value is -1.20.